The van der Waals surface area contributed by atoms with Gasteiger partial charge in [-0.2, -0.15) is 0 Å². The summed E-state index contributed by atoms with van der Waals surface area (Å²) in [6.45, 7) is 5.49. The van der Waals surface area contributed by atoms with Crippen molar-refractivity contribution in [1.82, 2.24) is 5.32 Å². The van der Waals surface area contributed by atoms with Gasteiger partial charge in [-0.1, -0.05) is 38.5 Å². The van der Waals surface area contributed by atoms with E-state index >= 15 is 0 Å². The fourth-order valence-electron chi connectivity index (χ4n) is 2.88. The Morgan fingerprint density at radius 1 is 1.17 bits per heavy atom. The number of likely N-dealkylation sites (N-methyl/N-ethyl adjacent to an activating group) is 1. The van der Waals surface area contributed by atoms with Crippen LogP contribution in [0, 0.1) is 5.92 Å². The topological polar surface area (TPSA) is 21.3 Å². The van der Waals surface area contributed by atoms with Gasteiger partial charge < -0.3 is 10.1 Å². The zero-order valence-electron chi connectivity index (χ0n) is 11.6. The van der Waals surface area contributed by atoms with E-state index in [2.05, 4.69) is 31.3 Å². The predicted octanol–water partition coefficient (Wildman–Crippen LogP) is 3.62. The molecule has 1 aromatic rings. The third-order valence-corrected chi connectivity index (χ3v) is 3.97. The first kappa shape index (κ1) is 13.4. The lowest BCUT2D eigenvalue weighted by Crippen LogP contribution is -2.47. The molecule has 3 atom stereocenters. The maximum absolute atomic E-state index is 6.19. The predicted molar refractivity (Wildman–Crippen MR) is 76.0 cm³/mol. The van der Waals surface area contributed by atoms with Crippen LogP contribution in [-0.4, -0.2) is 18.7 Å². The second-order valence-corrected chi connectivity index (χ2v) is 5.22. The molecule has 0 heterocycles. The van der Waals surface area contributed by atoms with Gasteiger partial charge in [0.05, 0.1) is 0 Å². The summed E-state index contributed by atoms with van der Waals surface area (Å²) in [6.07, 6.45) is 5.36. The summed E-state index contributed by atoms with van der Waals surface area (Å²) in [4.78, 5) is 0. The van der Waals surface area contributed by atoms with Crippen molar-refractivity contribution in [3.63, 3.8) is 0 Å². The maximum Gasteiger partial charge on any atom is 0.119 e. The summed E-state index contributed by atoms with van der Waals surface area (Å²) in [5.74, 6) is 1.83. The number of benzene rings is 1. The molecule has 2 rings (SSSR count). The molecule has 1 fully saturated rings. The van der Waals surface area contributed by atoms with Gasteiger partial charge in [-0.25, -0.2) is 0 Å². The average molecular weight is 247 g/mol. The molecule has 18 heavy (non-hydrogen) atoms. The van der Waals surface area contributed by atoms with Crippen LogP contribution in [0.2, 0.25) is 0 Å². The Morgan fingerprint density at radius 2 is 1.94 bits per heavy atom. The molecule has 1 aliphatic carbocycles. The van der Waals surface area contributed by atoms with E-state index < -0.39 is 0 Å². The Kier molecular flexibility index (Phi) is 5.06. The highest BCUT2D eigenvalue weighted by molar-refractivity contribution is 5.21. The Balaban J connectivity index is 2.00. The van der Waals surface area contributed by atoms with Crippen LogP contribution in [-0.2, 0) is 0 Å². The van der Waals surface area contributed by atoms with Crippen molar-refractivity contribution >= 4 is 0 Å². The molecule has 1 aromatic carbocycles. The maximum atomic E-state index is 6.19. The second-order valence-electron chi connectivity index (χ2n) is 5.22. The Morgan fingerprint density at radius 3 is 2.61 bits per heavy atom. The van der Waals surface area contributed by atoms with Crippen LogP contribution in [0.25, 0.3) is 0 Å². The molecular weight excluding hydrogens is 222 g/mol. The molecule has 2 heteroatoms. The van der Waals surface area contributed by atoms with Crippen LogP contribution < -0.4 is 10.1 Å². The van der Waals surface area contributed by atoms with Crippen molar-refractivity contribution in [3.8, 4) is 5.75 Å². The highest BCUT2D eigenvalue weighted by Gasteiger charge is 2.30. The molecule has 0 saturated heterocycles. The summed E-state index contributed by atoms with van der Waals surface area (Å²) in [6, 6.07) is 10.7. The first-order valence-electron chi connectivity index (χ1n) is 7.28. The number of para-hydroxylation sites is 1. The van der Waals surface area contributed by atoms with E-state index in [1.165, 1.54) is 25.7 Å². The lowest BCUT2D eigenvalue weighted by Gasteiger charge is -2.36. The monoisotopic (exact) mass is 247 g/mol. The second kappa shape index (κ2) is 6.79. The quantitative estimate of drug-likeness (QED) is 0.858. The third-order valence-electron chi connectivity index (χ3n) is 3.97. The molecule has 0 spiro atoms. The first-order chi connectivity index (χ1) is 8.83. The standard InChI is InChI=1S/C16H25NO/c1-3-13-10-11-15(17-4-2)16(12-13)18-14-8-6-5-7-9-14/h5-9,13,15-17H,3-4,10-12H2,1-2H3. The van der Waals surface area contributed by atoms with Crippen molar-refractivity contribution in [3.05, 3.63) is 30.3 Å². The Bertz CT molecular complexity index is 338. The van der Waals surface area contributed by atoms with Crippen LogP contribution >= 0.6 is 0 Å². The van der Waals surface area contributed by atoms with Crippen molar-refractivity contribution in [2.75, 3.05) is 6.54 Å². The fraction of sp³-hybridized carbons (Fsp3) is 0.625. The summed E-state index contributed by atoms with van der Waals surface area (Å²) < 4.78 is 6.19. The zero-order valence-corrected chi connectivity index (χ0v) is 11.6. The van der Waals surface area contributed by atoms with Gasteiger partial charge in [-0.05, 0) is 43.9 Å². The average Bonchev–Trinajstić information content (AvgIpc) is 2.42. The molecule has 0 radical (unpaired) electrons. The molecule has 1 aliphatic rings. The largest absolute Gasteiger partial charge is 0.489 e. The highest BCUT2D eigenvalue weighted by atomic mass is 16.5. The van der Waals surface area contributed by atoms with Gasteiger partial charge in [0.2, 0.25) is 0 Å². The van der Waals surface area contributed by atoms with E-state index in [9.17, 15) is 0 Å². The van der Waals surface area contributed by atoms with Gasteiger partial charge in [0.1, 0.15) is 11.9 Å². The molecule has 2 nitrogen and oxygen atoms in total. The van der Waals surface area contributed by atoms with E-state index in [0.29, 0.717) is 12.1 Å². The number of hydrogen-bond acceptors (Lipinski definition) is 2. The molecule has 0 bridgehead atoms. The zero-order chi connectivity index (χ0) is 12.8. The van der Waals surface area contributed by atoms with E-state index in [-0.39, 0.29) is 0 Å². The van der Waals surface area contributed by atoms with Gasteiger partial charge in [0.25, 0.3) is 0 Å². The summed E-state index contributed by atoms with van der Waals surface area (Å²) >= 11 is 0. The number of rotatable bonds is 5. The van der Waals surface area contributed by atoms with E-state index in [4.69, 9.17) is 4.74 Å². The van der Waals surface area contributed by atoms with Gasteiger partial charge in [-0.3, -0.25) is 0 Å². The normalized spacial score (nSPS) is 28.0. The van der Waals surface area contributed by atoms with Crippen LogP contribution in [0.5, 0.6) is 5.75 Å². The molecule has 100 valence electrons. The Hall–Kier alpha value is -1.02. The minimum Gasteiger partial charge on any atom is -0.489 e. The summed E-state index contributed by atoms with van der Waals surface area (Å²) in [5, 5.41) is 3.57. The van der Waals surface area contributed by atoms with E-state index in [0.717, 1.165) is 18.2 Å². The van der Waals surface area contributed by atoms with Crippen LogP contribution in [0.15, 0.2) is 30.3 Å². The van der Waals surface area contributed by atoms with Gasteiger partial charge in [0, 0.05) is 6.04 Å². The molecule has 1 saturated carbocycles. The van der Waals surface area contributed by atoms with Crippen LogP contribution in [0.4, 0.5) is 0 Å². The summed E-state index contributed by atoms with van der Waals surface area (Å²) in [5.41, 5.74) is 0. The van der Waals surface area contributed by atoms with Crippen molar-refractivity contribution in [1.29, 1.82) is 0 Å². The lowest BCUT2D eigenvalue weighted by molar-refractivity contribution is 0.0856. The number of ether oxygens (including phenoxy) is 1. The van der Waals surface area contributed by atoms with Crippen molar-refractivity contribution in [2.45, 2.75) is 51.7 Å². The van der Waals surface area contributed by atoms with Gasteiger partial charge in [0.15, 0.2) is 0 Å². The highest BCUT2D eigenvalue weighted by Crippen LogP contribution is 2.29. The third kappa shape index (κ3) is 3.49. The molecule has 0 amide bonds. The van der Waals surface area contributed by atoms with Gasteiger partial charge >= 0.3 is 0 Å². The molecule has 1 N–H and O–H groups in total. The summed E-state index contributed by atoms with van der Waals surface area (Å²) in [7, 11) is 0. The van der Waals surface area contributed by atoms with Crippen molar-refractivity contribution < 1.29 is 4.74 Å². The fourth-order valence-corrected chi connectivity index (χ4v) is 2.88. The first-order valence-corrected chi connectivity index (χ1v) is 7.28. The SMILES string of the molecule is CCNC1CCC(CC)CC1Oc1ccccc1. The number of hydrogen-bond donors (Lipinski definition) is 1. The van der Waals surface area contributed by atoms with E-state index in [1.807, 2.05) is 18.2 Å². The smallest absolute Gasteiger partial charge is 0.119 e. The lowest BCUT2D eigenvalue weighted by atomic mass is 9.82. The van der Waals surface area contributed by atoms with Crippen LogP contribution in [0.1, 0.15) is 39.5 Å². The van der Waals surface area contributed by atoms with Crippen molar-refractivity contribution in [2.24, 2.45) is 5.92 Å². The minimum absolute atomic E-state index is 0.325. The molecular formula is C16H25NO. The van der Waals surface area contributed by atoms with Crippen LogP contribution in [0.3, 0.4) is 0 Å². The Labute approximate surface area is 111 Å². The molecule has 0 aliphatic heterocycles. The minimum atomic E-state index is 0.325. The molecule has 0 aromatic heterocycles. The molecule has 3 unspecified atom stereocenters. The number of nitrogens with one attached hydrogen (secondary N) is 1. The van der Waals surface area contributed by atoms with Gasteiger partial charge in [-0.15, -0.1) is 0 Å². The van der Waals surface area contributed by atoms with E-state index in [1.54, 1.807) is 0 Å².